The van der Waals surface area contributed by atoms with Crippen molar-refractivity contribution in [2.24, 2.45) is 0 Å². The van der Waals surface area contributed by atoms with E-state index in [0.717, 1.165) is 5.56 Å². The first-order valence-electron chi connectivity index (χ1n) is 7.73. The molecule has 3 heterocycles. The van der Waals surface area contributed by atoms with Crippen LogP contribution in [-0.4, -0.2) is 31.9 Å². The Morgan fingerprint density at radius 2 is 2.04 bits per heavy atom. The fraction of sp³-hybridized carbons (Fsp3) is 0.118. The van der Waals surface area contributed by atoms with Crippen LogP contribution in [0.5, 0.6) is 11.5 Å². The molecule has 10 heteroatoms. The average molecular weight is 374 g/mol. The van der Waals surface area contributed by atoms with Gasteiger partial charge in [-0.25, -0.2) is 9.78 Å². The number of nitrogens with zero attached hydrogens (tertiary/aromatic N) is 3. The van der Waals surface area contributed by atoms with Crippen LogP contribution in [0.25, 0.3) is 5.82 Å². The number of fused-ring (bicyclic) bond motifs is 1. The number of rotatable bonds is 4. The maximum Gasteiger partial charge on any atom is 0.586 e. The molecule has 2 N–H and O–H groups in total. The fourth-order valence-electron chi connectivity index (χ4n) is 2.57. The van der Waals surface area contributed by atoms with Crippen LogP contribution >= 0.6 is 0 Å². The summed E-state index contributed by atoms with van der Waals surface area (Å²) in [4.78, 5) is 19.6. The van der Waals surface area contributed by atoms with E-state index in [1.807, 2.05) is 0 Å². The number of carboxylic acids is 1. The van der Waals surface area contributed by atoms with Crippen LogP contribution in [0.2, 0.25) is 0 Å². The van der Waals surface area contributed by atoms with Crippen LogP contribution in [-0.2, 0) is 0 Å². The van der Waals surface area contributed by atoms with Crippen LogP contribution in [0.1, 0.15) is 15.9 Å². The van der Waals surface area contributed by atoms with E-state index in [1.165, 1.54) is 30.5 Å². The topological polar surface area (TPSA) is 98.5 Å². The molecule has 0 aliphatic carbocycles. The minimum absolute atomic E-state index is 0.0652. The van der Waals surface area contributed by atoms with Crippen molar-refractivity contribution < 1.29 is 28.2 Å². The molecule has 1 aliphatic rings. The van der Waals surface area contributed by atoms with Crippen molar-refractivity contribution in [1.29, 1.82) is 0 Å². The first-order valence-corrected chi connectivity index (χ1v) is 7.73. The lowest BCUT2D eigenvalue weighted by Gasteiger charge is -2.10. The molecule has 0 unspecified atom stereocenters. The summed E-state index contributed by atoms with van der Waals surface area (Å²) in [5.41, 5.74) is 1.27. The van der Waals surface area contributed by atoms with Gasteiger partial charge in [-0.3, -0.25) is 0 Å². The summed E-state index contributed by atoms with van der Waals surface area (Å²) in [6, 6.07) is 5.66. The molecule has 0 bridgehead atoms. The molecule has 138 valence electrons. The zero-order chi connectivity index (χ0) is 19.2. The Hall–Kier alpha value is -3.69. The van der Waals surface area contributed by atoms with Gasteiger partial charge in [0.15, 0.2) is 11.5 Å². The summed E-state index contributed by atoms with van der Waals surface area (Å²) in [6.07, 6.45) is 0.881. The van der Waals surface area contributed by atoms with Crippen molar-refractivity contribution in [2.75, 3.05) is 5.32 Å². The standard InChI is InChI=1S/C17H12F2N4O4/c1-9-7-20-16(22-14(9)23-5-4-10(8-23)15(24)25)21-11-2-3-12-13(6-11)27-17(18,19)26-12/h2-8H,1H3,(H,24,25)(H,20,21,22). The van der Waals surface area contributed by atoms with Gasteiger partial charge in [0.2, 0.25) is 5.95 Å². The van der Waals surface area contributed by atoms with Gasteiger partial charge in [0.05, 0.1) is 5.56 Å². The van der Waals surface area contributed by atoms with E-state index in [2.05, 4.69) is 24.8 Å². The maximum atomic E-state index is 13.1. The lowest BCUT2D eigenvalue weighted by atomic mass is 10.3. The van der Waals surface area contributed by atoms with Crippen molar-refractivity contribution in [3.63, 3.8) is 0 Å². The van der Waals surface area contributed by atoms with Gasteiger partial charge in [0.1, 0.15) is 5.82 Å². The van der Waals surface area contributed by atoms with Gasteiger partial charge in [0.25, 0.3) is 0 Å². The Bertz CT molecular complexity index is 1050. The number of aryl methyl sites for hydroxylation is 1. The number of carboxylic acid groups (broad SMARTS) is 1. The molecule has 0 spiro atoms. The second-order valence-electron chi connectivity index (χ2n) is 5.77. The lowest BCUT2D eigenvalue weighted by Crippen LogP contribution is -2.25. The maximum absolute atomic E-state index is 13.1. The zero-order valence-corrected chi connectivity index (χ0v) is 13.8. The normalized spacial score (nSPS) is 14.2. The molecule has 4 rings (SSSR count). The number of aromatic nitrogens is 3. The number of nitrogens with one attached hydrogen (secondary N) is 1. The molecule has 1 aliphatic heterocycles. The van der Waals surface area contributed by atoms with Gasteiger partial charge >= 0.3 is 12.3 Å². The summed E-state index contributed by atoms with van der Waals surface area (Å²) >= 11 is 0. The number of hydrogen-bond donors (Lipinski definition) is 2. The number of halogens is 2. The largest absolute Gasteiger partial charge is 0.586 e. The summed E-state index contributed by atoms with van der Waals surface area (Å²) in [6.45, 7) is 1.78. The van der Waals surface area contributed by atoms with Gasteiger partial charge in [-0.2, -0.15) is 4.98 Å². The van der Waals surface area contributed by atoms with E-state index < -0.39 is 12.3 Å². The van der Waals surface area contributed by atoms with Crippen LogP contribution in [0.3, 0.4) is 0 Å². The molecule has 0 atom stereocenters. The van der Waals surface area contributed by atoms with Crippen LogP contribution in [0.15, 0.2) is 42.9 Å². The minimum Gasteiger partial charge on any atom is -0.478 e. The van der Waals surface area contributed by atoms with Gasteiger partial charge in [-0.15, -0.1) is 8.78 Å². The third kappa shape index (κ3) is 3.24. The molecule has 2 aromatic heterocycles. The van der Waals surface area contributed by atoms with Crippen molar-refractivity contribution >= 4 is 17.6 Å². The predicted octanol–water partition coefficient (Wildman–Crippen LogP) is 3.34. The van der Waals surface area contributed by atoms with Gasteiger partial charge in [-0.05, 0) is 25.1 Å². The average Bonchev–Trinajstić information content (AvgIpc) is 3.19. The zero-order valence-electron chi connectivity index (χ0n) is 13.8. The Kier molecular flexibility index (Phi) is 3.69. The number of anilines is 2. The minimum atomic E-state index is -3.69. The molecule has 27 heavy (non-hydrogen) atoms. The highest BCUT2D eigenvalue weighted by molar-refractivity contribution is 5.87. The van der Waals surface area contributed by atoms with Crippen molar-refractivity contribution in [2.45, 2.75) is 13.2 Å². The van der Waals surface area contributed by atoms with E-state index >= 15 is 0 Å². The summed E-state index contributed by atoms with van der Waals surface area (Å²) in [7, 11) is 0. The molecule has 0 radical (unpaired) electrons. The van der Waals surface area contributed by atoms with Crippen LogP contribution < -0.4 is 14.8 Å². The number of benzene rings is 1. The van der Waals surface area contributed by atoms with Gasteiger partial charge in [0, 0.05) is 35.9 Å². The number of hydrogen-bond acceptors (Lipinski definition) is 6. The molecule has 0 saturated heterocycles. The predicted molar refractivity (Wildman–Crippen MR) is 89.0 cm³/mol. The van der Waals surface area contributed by atoms with Crippen molar-refractivity contribution in [3.8, 4) is 17.3 Å². The molecule has 1 aromatic carbocycles. The fourth-order valence-corrected chi connectivity index (χ4v) is 2.57. The number of alkyl halides is 2. The number of carbonyl (C=O) groups is 1. The third-order valence-electron chi connectivity index (χ3n) is 3.79. The van der Waals surface area contributed by atoms with E-state index in [9.17, 15) is 13.6 Å². The molecular formula is C17H12F2N4O4. The number of aromatic carboxylic acids is 1. The van der Waals surface area contributed by atoms with Crippen LogP contribution in [0.4, 0.5) is 20.4 Å². The first-order chi connectivity index (χ1) is 12.8. The summed E-state index contributed by atoms with van der Waals surface area (Å²) < 4.78 is 36.5. The molecule has 8 nitrogen and oxygen atoms in total. The highest BCUT2D eigenvalue weighted by atomic mass is 19.3. The van der Waals surface area contributed by atoms with Crippen LogP contribution in [0, 0.1) is 6.92 Å². The third-order valence-corrected chi connectivity index (χ3v) is 3.79. The molecule has 0 amide bonds. The highest BCUT2D eigenvalue weighted by Gasteiger charge is 2.43. The monoisotopic (exact) mass is 374 g/mol. The molecule has 0 fully saturated rings. The number of ether oxygens (including phenoxy) is 2. The molecule has 0 saturated carbocycles. The van der Waals surface area contributed by atoms with E-state index in [4.69, 9.17) is 5.11 Å². The summed E-state index contributed by atoms with van der Waals surface area (Å²) in [5.74, 6) is -0.534. The van der Waals surface area contributed by atoms with E-state index in [0.29, 0.717) is 11.5 Å². The first kappa shape index (κ1) is 16.8. The van der Waals surface area contributed by atoms with Crippen molar-refractivity contribution in [1.82, 2.24) is 14.5 Å². The second kappa shape index (κ2) is 5.94. The molecule has 3 aromatic rings. The smallest absolute Gasteiger partial charge is 0.478 e. The summed E-state index contributed by atoms with van der Waals surface area (Å²) in [5, 5.41) is 11.9. The Labute approximate surface area is 151 Å². The SMILES string of the molecule is Cc1cnc(Nc2ccc3c(c2)OC(F)(F)O3)nc1-n1ccc(C(=O)O)c1. The Morgan fingerprint density at radius 3 is 2.78 bits per heavy atom. The van der Waals surface area contributed by atoms with Gasteiger partial charge < -0.3 is 24.5 Å². The van der Waals surface area contributed by atoms with E-state index in [1.54, 1.807) is 23.9 Å². The quantitative estimate of drug-likeness (QED) is 0.723. The van der Waals surface area contributed by atoms with E-state index in [-0.39, 0.29) is 23.0 Å². The highest BCUT2D eigenvalue weighted by Crippen LogP contribution is 2.42. The van der Waals surface area contributed by atoms with Crippen molar-refractivity contribution in [3.05, 3.63) is 54.0 Å². The second-order valence-corrected chi connectivity index (χ2v) is 5.77. The van der Waals surface area contributed by atoms with Gasteiger partial charge in [-0.1, -0.05) is 0 Å². The lowest BCUT2D eigenvalue weighted by molar-refractivity contribution is -0.286. The Balaban J connectivity index is 1.61. The molecular weight excluding hydrogens is 362 g/mol. The Morgan fingerprint density at radius 1 is 1.26 bits per heavy atom.